The molecule has 16 heavy (non-hydrogen) atoms. The molecule has 3 nitrogen and oxygen atoms in total. The van der Waals surface area contributed by atoms with Gasteiger partial charge < -0.3 is 9.47 Å². The van der Waals surface area contributed by atoms with Crippen LogP contribution in [0.3, 0.4) is 0 Å². The smallest absolute Gasteiger partial charge is 0.319 e. The summed E-state index contributed by atoms with van der Waals surface area (Å²) in [6, 6.07) is 9.71. The summed E-state index contributed by atoms with van der Waals surface area (Å²) < 4.78 is 10.4. The normalized spacial score (nSPS) is 27.5. The summed E-state index contributed by atoms with van der Waals surface area (Å²) in [7, 11) is 1.42. The fraction of sp³-hybridized carbons (Fsp3) is 0.462. The third-order valence-corrected chi connectivity index (χ3v) is 3.10. The molecule has 1 saturated carbocycles. The molecule has 0 aromatic heterocycles. The first-order valence-corrected chi connectivity index (χ1v) is 5.51. The van der Waals surface area contributed by atoms with E-state index in [0.29, 0.717) is 6.61 Å². The van der Waals surface area contributed by atoms with Gasteiger partial charge in [0.05, 0.1) is 13.2 Å². The zero-order valence-electron chi connectivity index (χ0n) is 9.60. The van der Waals surface area contributed by atoms with Gasteiger partial charge in [0.2, 0.25) is 0 Å². The summed E-state index contributed by atoms with van der Waals surface area (Å²) in [6.07, 6.45) is 0.685. The molecule has 0 amide bonds. The van der Waals surface area contributed by atoms with Crippen LogP contribution < -0.4 is 0 Å². The Morgan fingerprint density at radius 2 is 2.12 bits per heavy atom. The van der Waals surface area contributed by atoms with E-state index >= 15 is 0 Å². The molecule has 0 unspecified atom stereocenters. The van der Waals surface area contributed by atoms with Crippen LogP contribution in [0.5, 0.6) is 0 Å². The van der Waals surface area contributed by atoms with Crippen molar-refractivity contribution in [2.75, 3.05) is 13.7 Å². The number of esters is 1. The molecule has 2 atom stereocenters. The lowest BCUT2D eigenvalue weighted by atomic mass is 9.96. The van der Waals surface area contributed by atoms with Gasteiger partial charge in [-0.15, -0.1) is 0 Å². The zero-order chi connectivity index (χ0) is 11.6. The maximum absolute atomic E-state index is 11.9. The Bertz CT molecular complexity index is 374. The maximum atomic E-state index is 11.9. The van der Waals surface area contributed by atoms with Crippen LogP contribution in [-0.2, 0) is 19.7 Å². The first-order chi connectivity index (χ1) is 7.75. The van der Waals surface area contributed by atoms with E-state index in [2.05, 4.69) is 0 Å². The second-order valence-electron chi connectivity index (χ2n) is 3.98. The van der Waals surface area contributed by atoms with Gasteiger partial charge in [0, 0.05) is 6.61 Å². The van der Waals surface area contributed by atoms with Gasteiger partial charge in [-0.2, -0.15) is 0 Å². The first kappa shape index (κ1) is 11.1. The van der Waals surface area contributed by atoms with Crippen LogP contribution in [0.1, 0.15) is 18.9 Å². The summed E-state index contributed by atoms with van der Waals surface area (Å²) in [6.45, 7) is 2.56. The molecule has 2 rings (SSSR count). The van der Waals surface area contributed by atoms with Crippen LogP contribution >= 0.6 is 0 Å². The average molecular weight is 220 g/mol. The highest BCUT2D eigenvalue weighted by atomic mass is 16.5. The number of hydrogen-bond donors (Lipinski definition) is 0. The van der Waals surface area contributed by atoms with Crippen molar-refractivity contribution in [2.45, 2.75) is 24.9 Å². The Hall–Kier alpha value is -1.35. The van der Waals surface area contributed by atoms with Crippen molar-refractivity contribution < 1.29 is 14.3 Å². The SMILES string of the molecule is CCO[C@@H]1C[C@]1(C(=O)OC)c1ccccc1. The summed E-state index contributed by atoms with van der Waals surface area (Å²) in [5.41, 5.74) is 0.423. The van der Waals surface area contributed by atoms with E-state index in [4.69, 9.17) is 9.47 Å². The number of ether oxygens (including phenoxy) is 2. The summed E-state index contributed by atoms with van der Waals surface area (Å²) >= 11 is 0. The number of benzene rings is 1. The molecule has 1 aliphatic carbocycles. The van der Waals surface area contributed by atoms with Crippen LogP contribution in [0.2, 0.25) is 0 Å². The highest BCUT2D eigenvalue weighted by Gasteiger charge is 2.63. The molecule has 0 radical (unpaired) electrons. The van der Waals surface area contributed by atoms with Crippen LogP contribution in [0.4, 0.5) is 0 Å². The summed E-state index contributed by atoms with van der Waals surface area (Å²) in [4.78, 5) is 11.9. The van der Waals surface area contributed by atoms with Gasteiger partial charge in [-0.3, -0.25) is 4.79 Å². The quantitative estimate of drug-likeness (QED) is 0.727. The second-order valence-corrected chi connectivity index (χ2v) is 3.98. The van der Waals surface area contributed by atoms with Crippen molar-refractivity contribution in [3.8, 4) is 0 Å². The third kappa shape index (κ3) is 1.61. The minimum absolute atomic E-state index is 0.0349. The number of rotatable bonds is 4. The van der Waals surface area contributed by atoms with Gasteiger partial charge >= 0.3 is 5.97 Å². The summed E-state index contributed by atoms with van der Waals surface area (Å²) in [5.74, 6) is -0.197. The Balaban J connectivity index is 2.28. The van der Waals surface area contributed by atoms with E-state index in [1.165, 1.54) is 7.11 Å². The van der Waals surface area contributed by atoms with Gasteiger partial charge in [0.15, 0.2) is 0 Å². The molecular weight excluding hydrogens is 204 g/mol. The minimum atomic E-state index is -0.563. The van der Waals surface area contributed by atoms with Gasteiger partial charge in [-0.05, 0) is 18.9 Å². The number of hydrogen-bond acceptors (Lipinski definition) is 3. The Kier molecular flexibility index (Phi) is 2.97. The van der Waals surface area contributed by atoms with Crippen LogP contribution in [0.25, 0.3) is 0 Å². The van der Waals surface area contributed by atoms with Gasteiger partial charge in [0.1, 0.15) is 5.41 Å². The molecule has 0 aliphatic heterocycles. The molecular formula is C13H16O3. The topological polar surface area (TPSA) is 35.5 Å². The Morgan fingerprint density at radius 3 is 2.69 bits per heavy atom. The van der Waals surface area contributed by atoms with E-state index in [-0.39, 0.29) is 12.1 Å². The van der Waals surface area contributed by atoms with Crippen molar-refractivity contribution in [1.29, 1.82) is 0 Å². The van der Waals surface area contributed by atoms with Crippen molar-refractivity contribution in [2.24, 2.45) is 0 Å². The van der Waals surface area contributed by atoms with E-state index in [9.17, 15) is 4.79 Å². The second kappa shape index (κ2) is 4.26. The minimum Gasteiger partial charge on any atom is -0.468 e. The molecule has 1 aliphatic rings. The largest absolute Gasteiger partial charge is 0.468 e. The van der Waals surface area contributed by atoms with Crippen LogP contribution in [0, 0.1) is 0 Å². The fourth-order valence-electron chi connectivity index (χ4n) is 2.19. The van der Waals surface area contributed by atoms with Gasteiger partial charge in [0.25, 0.3) is 0 Å². The van der Waals surface area contributed by atoms with E-state index in [0.717, 1.165) is 12.0 Å². The predicted molar refractivity (Wildman–Crippen MR) is 60.2 cm³/mol. The first-order valence-electron chi connectivity index (χ1n) is 5.51. The lowest BCUT2D eigenvalue weighted by Crippen LogP contribution is -2.27. The van der Waals surface area contributed by atoms with Gasteiger partial charge in [-0.25, -0.2) is 0 Å². The van der Waals surface area contributed by atoms with Gasteiger partial charge in [-0.1, -0.05) is 30.3 Å². The van der Waals surface area contributed by atoms with Crippen molar-refractivity contribution >= 4 is 5.97 Å². The molecule has 1 aromatic rings. The van der Waals surface area contributed by atoms with Crippen LogP contribution in [0.15, 0.2) is 30.3 Å². The standard InChI is InChI=1S/C13H16O3/c1-3-16-11-9-13(11,12(14)15-2)10-7-5-4-6-8-10/h4-8,11H,3,9H2,1-2H3/t11-,13+/m1/s1. The number of carbonyl (C=O) groups excluding carboxylic acids is 1. The Labute approximate surface area is 95.4 Å². The van der Waals surface area contributed by atoms with Crippen molar-refractivity contribution in [1.82, 2.24) is 0 Å². The lowest BCUT2D eigenvalue weighted by Gasteiger charge is -2.15. The molecule has 0 saturated heterocycles. The molecule has 0 bridgehead atoms. The lowest BCUT2D eigenvalue weighted by molar-refractivity contribution is -0.145. The zero-order valence-corrected chi connectivity index (χ0v) is 9.60. The maximum Gasteiger partial charge on any atom is 0.319 e. The van der Waals surface area contributed by atoms with E-state index in [1.54, 1.807) is 0 Å². The predicted octanol–water partition coefficient (Wildman–Crippen LogP) is 1.91. The van der Waals surface area contributed by atoms with E-state index < -0.39 is 5.41 Å². The number of methoxy groups -OCH3 is 1. The highest BCUT2D eigenvalue weighted by Crippen LogP contribution is 2.51. The van der Waals surface area contributed by atoms with Crippen molar-refractivity contribution in [3.63, 3.8) is 0 Å². The molecule has 1 fully saturated rings. The third-order valence-electron chi connectivity index (χ3n) is 3.10. The molecule has 0 heterocycles. The average Bonchev–Trinajstić information content (AvgIpc) is 3.05. The molecule has 3 heteroatoms. The van der Waals surface area contributed by atoms with Crippen LogP contribution in [-0.4, -0.2) is 25.8 Å². The fourth-order valence-corrected chi connectivity index (χ4v) is 2.19. The molecule has 0 spiro atoms. The monoisotopic (exact) mass is 220 g/mol. The Morgan fingerprint density at radius 1 is 1.44 bits per heavy atom. The van der Waals surface area contributed by atoms with E-state index in [1.807, 2.05) is 37.3 Å². The molecule has 1 aromatic carbocycles. The molecule has 0 N–H and O–H groups in total. The molecule has 86 valence electrons. The summed E-state index contributed by atoms with van der Waals surface area (Å²) in [5, 5.41) is 0. The van der Waals surface area contributed by atoms with Crippen molar-refractivity contribution in [3.05, 3.63) is 35.9 Å². The number of carbonyl (C=O) groups is 1. The highest BCUT2D eigenvalue weighted by molar-refractivity contribution is 5.88.